The molecule has 2 heterocycles. The van der Waals surface area contributed by atoms with E-state index < -0.39 is 0 Å². The van der Waals surface area contributed by atoms with Crippen LogP contribution in [0.5, 0.6) is 5.75 Å². The molecule has 2 aromatic carbocycles. The first-order chi connectivity index (χ1) is 13.1. The highest BCUT2D eigenvalue weighted by molar-refractivity contribution is 7.22. The monoisotopic (exact) mass is 384 g/mol. The summed E-state index contributed by atoms with van der Waals surface area (Å²) in [5.74, 6) is 0.860. The molecule has 0 atom stereocenters. The molecule has 27 heavy (non-hydrogen) atoms. The summed E-state index contributed by atoms with van der Waals surface area (Å²) in [5, 5.41) is 11.9. The largest absolute Gasteiger partial charge is 0.497 e. The molecule has 1 aliphatic rings. The van der Waals surface area contributed by atoms with E-state index in [1.165, 1.54) is 23.1 Å². The minimum absolute atomic E-state index is 0.110. The lowest BCUT2D eigenvalue weighted by molar-refractivity contribution is -0.384. The Balaban J connectivity index is 1.50. The van der Waals surface area contributed by atoms with Gasteiger partial charge in [0.25, 0.3) is 5.69 Å². The average Bonchev–Trinajstić information content (AvgIpc) is 2.96. The lowest BCUT2D eigenvalue weighted by atomic mass is 10.2. The Labute approximate surface area is 161 Å². The van der Waals surface area contributed by atoms with Gasteiger partial charge < -0.3 is 14.5 Å². The molecule has 4 rings (SSSR count). The van der Waals surface area contributed by atoms with Gasteiger partial charge in [0, 0.05) is 44.0 Å². The molecule has 1 saturated heterocycles. The lowest BCUT2D eigenvalue weighted by Gasteiger charge is -2.23. The molecule has 7 nitrogen and oxygen atoms in total. The maximum atomic E-state index is 11.0. The Kier molecular flexibility index (Phi) is 4.81. The summed E-state index contributed by atoms with van der Waals surface area (Å²) >= 11 is 1.52. The van der Waals surface area contributed by atoms with Crippen molar-refractivity contribution in [1.82, 2.24) is 4.98 Å². The van der Waals surface area contributed by atoms with Gasteiger partial charge in [0.2, 0.25) is 0 Å². The summed E-state index contributed by atoms with van der Waals surface area (Å²) in [4.78, 5) is 19.9. The van der Waals surface area contributed by atoms with Crippen molar-refractivity contribution in [3.05, 3.63) is 52.6 Å². The Bertz CT molecular complexity index is 957. The number of nitro groups is 1. The molecule has 0 unspecified atom stereocenters. The van der Waals surface area contributed by atoms with Gasteiger partial charge in [0.15, 0.2) is 5.13 Å². The third-order valence-electron chi connectivity index (χ3n) is 4.78. The van der Waals surface area contributed by atoms with Crippen LogP contribution in [0.3, 0.4) is 0 Å². The molecule has 0 aliphatic carbocycles. The zero-order valence-corrected chi connectivity index (χ0v) is 15.8. The van der Waals surface area contributed by atoms with Crippen molar-refractivity contribution in [3.63, 3.8) is 0 Å². The Morgan fingerprint density at radius 2 is 1.81 bits per heavy atom. The zero-order chi connectivity index (χ0) is 18.8. The number of methoxy groups -OCH3 is 1. The molecule has 140 valence electrons. The number of anilines is 2. The van der Waals surface area contributed by atoms with Gasteiger partial charge in [-0.05, 0) is 36.8 Å². The molecule has 0 bridgehead atoms. The van der Waals surface area contributed by atoms with E-state index in [0.29, 0.717) is 0 Å². The van der Waals surface area contributed by atoms with Crippen molar-refractivity contribution in [1.29, 1.82) is 0 Å². The quantitative estimate of drug-likeness (QED) is 0.501. The Hall–Kier alpha value is -2.87. The second kappa shape index (κ2) is 7.40. The summed E-state index contributed by atoms with van der Waals surface area (Å²) in [6.45, 7) is 3.68. The molecule has 0 amide bonds. The molecule has 0 saturated carbocycles. The van der Waals surface area contributed by atoms with Crippen molar-refractivity contribution >= 4 is 38.1 Å². The fourth-order valence-corrected chi connectivity index (χ4v) is 4.36. The number of aromatic nitrogens is 1. The van der Waals surface area contributed by atoms with E-state index >= 15 is 0 Å². The van der Waals surface area contributed by atoms with Crippen molar-refractivity contribution in [2.24, 2.45) is 0 Å². The molecule has 1 fully saturated rings. The van der Waals surface area contributed by atoms with Crippen molar-refractivity contribution in [2.75, 3.05) is 43.1 Å². The topological polar surface area (TPSA) is 71.7 Å². The van der Waals surface area contributed by atoms with Crippen LogP contribution in [0.2, 0.25) is 0 Å². The van der Waals surface area contributed by atoms with E-state index in [9.17, 15) is 10.1 Å². The van der Waals surface area contributed by atoms with Crippen LogP contribution in [0.25, 0.3) is 10.2 Å². The zero-order valence-electron chi connectivity index (χ0n) is 15.0. The normalized spacial score (nSPS) is 15.0. The van der Waals surface area contributed by atoms with Gasteiger partial charge >= 0.3 is 0 Å². The van der Waals surface area contributed by atoms with E-state index in [1.54, 1.807) is 19.2 Å². The smallest absolute Gasteiger partial charge is 0.270 e. The second-order valence-electron chi connectivity index (χ2n) is 6.43. The van der Waals surface area contributed by atoms with Gasteiger partial charge in [0.1, 0.15) is 5.75 Å². The first kappa shape index (κ1) is 17.5. The standard InChI is InChI=1S/C19H20N4O3S/c1-26-16-6-3-14(4-7-16)21-9-2-10-22(12-11-21)19-20-17-8-5-15(23(24)25)13-18(17)27-19/h3-8,13H,2,9-12H2,1H3. The number of rotatable bonds is 4. The summed E-state index contributed by atoms with van der Waals surface area (Å²) in [6, 6.07) is 13.0. The lowest BCUT2D eigenvalue weighted by Crippen LogP contribution is -2.30. The number of non-ortho nitro benzene ring substituents is 1. The van der Waals surface area contributed by atoms with Crippen LogP contribution < -0.4 is 14.5 Å². The summed E-state index contributed by atoms with van der Waals surface area (Å²) in [7, 11) is 1.67. The van der Waals surface area contributed by atoms with Gasteiger partial charge in [-0.2, -0.15) is 0 Å². The van der Waals surface area contributed by atoms with Crippen LogP contribution >= 0.6 is 11.3 Å². The molecule has 1 aliphatic heterocycles. The van der Waals surface area contributed by atoms with Gasteiger partial charge in [-0.3, -0.25) is 10.1 Å². The molecular formula is C19H20N4O3S. The van der Waals surface area contributed by atoms with Crippen LogP contribution in [0.1, 0.15) is 6.42 Å². The van der Waals surface area contributed by atoms with E-state index in [0.717, 1.165) is 53.7 Å². The Morgan fingerprint density at radius 1 is 1.07 bits per heavy atom. The maximum absolute atomic E-state index is 11.0. The minimum Gasteiger partial charge on any atom is -0.497 e. The fourth-order valence-electron chi connectivity index (χ4n) is 3.31. The number of hydrogen-bond acceptors (Lipinski definition) is 7. The van der Waals surface area contributed by atoms with Gasteiger partial charge in [-0.1, -0.05) is 11.3 Å². The highest BCUT2D eigenvalue weighted by atomic mass is 32.1. The molecule has 0 radical (unpaired) electrons. The number of ether oxygens (including phenoxy) is 1. The summed E-state index contributed by atoms with van der Waals surface area (Å²) in [6.07, 6.45) is 1.03. The predicted molar refractivity (Wildman–Crippen MR) is 108 cm³/mol. The van der Waals surface area contributed by atoms with E-state index in [4.69, 9.17) is 4.74 Å². The number of fused-ring (bicyclic) bond motifs is 1. The van der Waals surface area contributed by atoms with Crippen molar-refractivity contribution in [3.8, 4) is 5.75 Å². The van der Waals surface area contributed by atoms with E-state index in [1.807, 2.05) is 12.1 Å². The number of hydrogen-bond donors (Lipinski definition) is 0. The van der Waals surface area contributed by atoms with E-state index in [2.05, 4.69) is 26.9 Å². The highest BCUT2D eigenvalue weighted by Gasteiger charge is 2.19. The van der Waals surface area contributed by atoms with E-state index in [-0.39, 0.29) is 10.6 Å². The van der Waals surface area contributed by atoms with Gasteiger partial charge in [-0.15, -0.1) is 0 Å². The molecule has 0 N–H and O–H groups in total. The second-order valence-corrected chi connectivity index (χ2v) is 7.44. The van der Waals surface area contributed by atoms with Crippen LogP contribution in [0.15, 0.2) is 42.5 Å². The molecular weight excluding hydrogens is 364 g/mol. The summed E-state index contributed by atoms with van der Waals surface area (Å²) < 4.78 is 6.09. The molecule has 1 aromatic heterocycles. The third-order valence-corrected chi connectivity index (χ3v) is 5.85. The molecule has 3 aromatic rings. The number of thiazole rings is 1. The third kappa shape index (κ3) is 3.66. The van der Waals surface area contributed by atoms with Crippen molar-refractivity contribution < 1.29 is 9.66 Å². The number of nitro benzene ring substituents is 1. The average molecular weight is 384 g/mol. The first-order valence-electron chi connectivity index (χ1n) is 8.83. The highest BCUT2D eigenvalue weighted by Crippen LogP contribution is 2.32. The van der Waals surface area contributed by atoms with Crippen molar-refractivity contribution in [2.45, 2.75) is 6.42 Å². The molecule has 0 spiro atoms. The van der Waals surface area contributed by atoms with Crippen LogP contribution in [-0.4, -0.2) is 43.2 Å². The molecule has 8 heteroatoms. The minimum atomic E-state index is -0.364. The SMILES string of the molecule is COc1ccc(N2CCCN(c3nc4ccc([N+](=O)[O-])cc4s3)CC2)cc1. The maximum Gasteiger partial charge on any atom is 0.270 e. The van der Waals surface area contributed by atoms with Gasteiger partial charge in [0.05, 0.1) is 22.2 Å². The van der Waals surface area contributed by atoms with Crippen LogP contribution in [-0.2, 0) is 0 Å². The number of nitrogens with zero attached hydrogens (tertiary/aromatic N) is 4. The van der Waals surface area contributed by atoms with Gasteiger partial charge in [-0.25, -0.2) is 4.98 Å². The predicted octanol–water partition coefficient (Wildman–Crippen LogP) is 3.93. The fraction of sp³-hybridized carbons (Fsp3) is 0.316. The van der Waals surface area contributed by atoms with Crippen LogP contribution in [0.4, 0.5) is 16.5 Å². The summed E-state index contributed by atoms with van der Waals surface area (Å²) in [5.41, 5.74) is 2.12. The van der Waals surface area contributed by atoms with Crippen LogP contribution in [0, 0.1) is 10.1 Å². The first-order valence-corrected chi connectivity index (χ1v) is 9.64. The Morgan fingerprint density at radius 3 is 2.56 bits per heavy atom. The number of benzene rings is 2.